The van der Waals surface area contributed by atoms with E-state index >= 15 is 0 Å². The molecule has 1 amide bonds. The predicted molar refractivity (Wildman–Crippen MR) is 95.6 cm³/mol. The number of halogens is 1. The Labute approximate surface area is 148 Å². The van der Waals surface area contributed by atoms with Crippen LogP contribution in [0.15, 0.2) is 52.5 Å². The van der Waals surface area contributed by atoms with Crippen LogP contribution in [0.1, 0.15) is 12.5 Å². The van der Waals surface area contributed by atoms with Gasteiger partial charge in [-0.25, -0.2) is 0 Å². The van der Waals surface area contributed by atoms with Crippen LogP contribution in [0.2, 0.25) is 0 Å². The third kappa shape index (κ3) is 4.37. The first kappa shape index (κ1) is 17.6. The maximum Gasteiger partial charge on any atom is 0.266 e. The lowest BCUT2D eigenvalue weighted by molar-refractivity contribution is -0.112. The number of carbonyl (C=O) groups excluding carboxylic acids is 1. The SMILES string of the molecule is CCOc1cc(/C=C(/C#N)C(=O)Nc2ccccc2)cc(Br)c1O. The number of ether oxygens (including phenoxy) is 1. The summed E-state index contributed by atoms with van der Waals surface area (Å²) in [6.07, 6.45) is 1.44. The van der Waals surface area contributed by atoms with E-state index in [1.165, 1.54) is 6.08 Å². The number of hydrogen-bond donors (Lipinski definition) is 2. The zero-order valence-electron chi connectivity index (χ0n) is 12.9. The number of nitrogens with zero attached hydrogens (tertiary/aromatic N) is 1. The number of para-hydroxylation sites is 1. The molecule has 6 heteroatoms. The highest BCUT2D eigenvalue weighted by atomic mass is 79.9. The fraction of sp³-hybridized carbons (Fsp3) is 0.111. The average molecular weight is 387 g/mol. The molecule has 2 aromatic rings. The fourth-order valence-electron chi connectivity index (χ4n) is 1.98. The lowest BCUT2D eigenvalue weighted by Gasteiger charge is -2.09. The number of carbonyl (C=O) groups is 1. The minimum Gasteiger partial charge on any atom is -0.503 e. The Kier molecular flexibility index (Phi) is 5.99. The number of aromatic hydroxyl groups is 1. The second-order valence-electron chi connectivity index (χ2n) is 4.77. The van der Waals surface area contributed by atoms with Crippen molar-refractivity contribution in [1.82, 2.24) is 0 Å². The largest absolute Gasteiger partial charge is 0.503 e. The van der Waals surface area contributed by atoms with E-state index in [1.807, 2.05) is 12.1 Å². The van der Waals surface area contributed by atoms with Crippen LogP contribution in [0.4, 0.5) is 5.69 Å². The van der Waals surface area contributed by atoms with Crippen molar-refractivity contribution in [2.45, 2.75) is 6.92 Å². The molecule has 0 atom stereocenters. The van der Waals surface area contributed by atoms with E-state index in [0.717, 1.165) is 0 Å². The van der Waals surface area contributed by atoms with Crippen LogP contribution in [0, 0.1) is 11.3 Å². The number of nitrogens with one attached hydrogen (secondary N) is 1. The second-order valence-corrected chi connectivity index (χ2v) is 5.63. The summed E-state index contributed by atoms with van der Waals surface area (Å²) in [5.74, 6) is -0.258. The van der Waals surface area contributed by atoms with Gasteiger partial charge in [0.1, 0.15) is 11.6 Å². The van der Waals surface area contributed by atoms with Gasteiger partial charge >= 0.3 is 0 Å². The quantitative estimate of drug-likeness (QED) is 0.598. The van der Waals surface area contributed by atoms with Crippen LogP contribution in [0.25, 0.3) is 6.08 Å². The third-order valence-electron chi connectivity index (χ3n) is 3.06. The topological polar surface area (TPSA) is 82.3 Å². The number of phenolic OH excluding ortho intramolecular Hbond substituents is 1. The first-order chi connectivity index (χ1) is 11.5. The lowest BCUT2D eigenvalue weighted by Crippen LogP contribution is -2.13. The van der Waals surface area contributed by atoms with Crippen molar-refractivity contribution in [1.29, 1.82) is 5.26 Å². The molecule has 5 nitrogen and oxygen atoms in total. The molecule has 0 aliphatic rings. The van der Waals surface area contributed by atoms with E-state index in [-0.39, 0.29) is 17.1 Å². The number of hydrogen-bond acceptors (Lipinski definition) is 4. The van der Waals surface area contributed by atoms with Crippen molar-refractivity contribution in [3.8, 4) is 17.6 Å². The van der Waals surface area contributed by atoms with E-state index in [0.29, 0.717) is 22.3 Å². The molecule has 0 saturated carbocycles. The molecule has 2 rings (SSSR count). The van der Waals surface area contributed by atoms with Crippen molar-refractivity contribution < 1.29 is 14.6 Å². The van der Waals surface area contributed by atoms with E-state index in [1.54, 1.807) is 43.3 Å². The van der Waals surface area contributed by atoms with Gasteiger partial charge in [0.05, 0.1) is 11.1 Å². The molecule has 0 spiro atoms. The summed E-state index contributed by atoms with van der Waals surface area (Å²) in [5.41, 5.74) is 1.10. The van der Waals surface area contributed by atoms with Crippen molar-refractivity contribution in [2.75, 3.05) is 11.9 Å². The van der Waals surface area contributed by atoms with Gasteiger partial charge in [-0.05, 0) is 58.8 Å². The van der Waals surface area contributed by atoms with Crippen LogP contribution in [-0.2, 0) is 4.79 Å². The van der Waals surface area contributed by atoms with Gasteiger partial charge in [-0.15, -0.1) is 0 Å². The van der Waals surface area contributed by atoms with Crippen molar-refractivity contribution >= 4 is 33.6 Å². The first-order valence-electron chi connectivity index (χ1n) is 7.18. The molecule has 0 unspecified atom stereocenters. The number of benzene rings is 2. The van der Waals surface area contributed by atoms with E-state index < -0.39 is 5.91 Å². The van der Waals surface area contributed by atoms with E-state index in [9.17, 15) is 15.2 Å². The molecule has 0 aliphatic carbocycles. The van der Waals surface area contributed by atoms with Gasteiger partial charge in [-0.1, -0.05) is 18.2 Å². The molecule has 0 aliphatic heterocycles. The summed E-state index contributed by atoms with van der Waals surface area (Å²) < 4.78 is 5.75. The normalized spacial score (nSPS) is 10.8. The molecule has 24 heavy (non-hydrogen) atoms. The monoisotopic (exact) mass is 386 g/mol. The van der Waals surface area contributed by atoms with Crippen LogP contribution < -0.4 is 10.1 Å². The molecule has 2 aromatic carbocycles. The number of phenols is 1. The van der Waals surface area contributed by atoms with Gasteiger partial charge in [-0.2, -0.15) is 5.26 Å². The molecule has 0 saturated heterocycles. The van der Waals surface area contributed by atoms with E-state index in [2.05, 4.69) is 21.2 Å². The predicted octanol–water partition coefficient (Wildman–Crippen LogP) is 4.10. The minimum absolute atomic E-state index is 0.0266. The molecule has 0 fully saturated rings. The number of rotatable bonds is 5. The average Bonchev–Trinajstić information content (AvgIpc) is 2.58. The van der Waals surface area contributed by atoms with Gasteiger partial charge in [0.15, 0.2) is 11.5 Å². The number of amides is 1. The van der Waals surface area contributed by atoms with Gasteiger partial charge in [0.25, 0.3) is 5.91 Å². The fourth-order valence-corrected chi connectivity index (χ4v) is 2.44. The number of nitriles is 1. The third-order valence-corrected chi connectivity index (χ3v) is 3.66. The van der Waals surface area contributed by atoms with Crippen molar-refractivity contribution in [2.24, 2.45) is 0 Å². The summed E-state index contributed by atoms with van der Waals surface area (Å²) in [5, 5.41) is 21.8. The standard InChI is InChI=1S/C18H15BrN2O3/c1-2-24-16-10-12(9-15(19)17(16)22)8-13(11-20)18(23)21-14-6-4-3-5-7-14/h3-10,22H,2H2,1H3,(H,21,23)/b13-8-. The van der Waals surface area contributed by atoms with Gasteiger partial charge in [0.2, 0.25) is 0 Å². The summed E-state index contributed by atoms with van der Waals surface area (Å²) in [6.45, 7) is 2.18. The summed E-state index contributed by atoms with van der Waals surface area (Å²) in [6, 6.07) is 13.9. The maximum absolute atomic E-state index is 12.2. The first-order valence-corrected chi connectivity index (χ1v) is 7.98. The van der Waals surface area contributed by atoms with Crippen LogP contribution in [-0.4, -0.2) is 17.6 Å². The van der Waals surface area contributed by atoms with Gasteiger partial charge in [-0.3, -0.25) is 4.79 Å². The van der Waals surface area contributed by atoms with E-state index in [4.69, 9.17) is 4.74 Å². The Balaban J connectivity index is 2.30. The highest BCUT2D eigenvalue weighted by Crippen LogP contribution is 2.36. The Hall–Kier alpha value is -2.78. The van der Waals surface area contributed by atoms with Crippen LogP contribution in [0.5, 0.6) is 11.5 Å². The summed E-state index contributed by atoms with van der Waals surface area (Å²) >= 11 is 3.23. The Morgan fingerprint density at radius 1 is 1.38 bits per heavy atom. The van der Waals surface area contributed by atoms with Gasteiger partial charge < -0.3 is 15.2 Å². The highest BCUT2D eigenvalue weighted by molar-refractivity contribution is 9.10. The lowest BCUT2D eigenvalue weighted by atomic mass is 10.1. The Bertz CT molecular complexity index is 811. The molecule has 122 valence electrons. The smallest absolute Gasteiger partial charge is 0.266 e. The Morgan fingerprint density at radius 3 is 2.71 bits per heavy atom. The summed E-state index contributed by atoms with van der Waals surface area (Å²) in [4.78, 5) is 12.2. The molecular weight excluding hydrogens is 372 g/mol. The molecular formula is C18H15BrN2O3. The summed E-state index contributed by atoms with van der Waals surface area (Å²) in [7, 11) is 0. The zero-order chi connectivity index (χ0) is 17.5. The molecule has 0 heterocycles. The second kappa shape index (κ2) is 8.18. The van der Waals surface area contributed by atoms with Crippen molar-refractivity contribution in [3.05, 3.63) is 58.1 Å². The molecule has 0 aromatic heterocycles. The highest BCUT2D eigenvalue weighted by Gasteiger charge is 2.12. The molecule has 0 bridgehead atoms. The number of anilines is 1. The maximum atomic E-state index is 12.2. The molecule has 2 N–H and O–H groups in total. The molecule has 0 radical (unpaired) electrons. The minimum atomic E-state index is -0.508. The van der Waals surface area contributed by atoms with Crippen LogP contribution >= 0.6 is 15.9 Å². The zero-order valence-corrected chi connectivity index (χ0v) is 14.5. The van der Waals surface area contributed by atoms with Gasteiger partial charge in [0, 0.05) is 5.69 Å². The van der Waals surface area contributed by atoms with Crippen molar-refractivity contribution in [3.63, 3.8) is 0 Å². The van der Waals surface area contributed by atoms with Crippen LogP contribution in [0.3, 0.4) is 0 Å². The Morgan fingerprint density at radius 2 is 2.08 bits per heavy atom.